The zero-order chi connectivity index (χ0) is 14.4. The van der Waals surface area contributed by atoms with E-state index in [2.05, 4.69) is 5.32 Å². The minimum atomic E-state index is -0.595. The van der Waals surface area contributed by atoms with Gasteiger partial charge in [0.05, 0.1) is 18.8 Å². The smallest absolute Gasteiger partial charge is 0.241 e. The van der Waals surface area contributed by atoms with Crippen LogP contribution in [0.3, 0.4) is 0 Å². The number of nitrogens with one attached hydrogen (secondary N) is 1. The van der Waals surface area contributed by atoms with Crippen molar-refractivity contribution < 1.29 is 9.53 Å². The molecule has 4 nitrogen and oxygen atoms in total. The molecule has 0 aliphatic heterocycles. The SMILES string of the molecule is COc1ccccc1NC(=O)[C@@H](N)Cc1ccccc1. The van der Waals surface area contributed by atoms with Gasteiger partial charge in [-0.05, 0) is 24.1 Å². The lowest BCUT2D eigenvalue weighted by Crippen LogP contribution is -2.37. The van der Waals surface area contributed by atoms with Crippen molar-refractivity contribution in [1.29, 1.82) is 0 Å². The van der Waals surface area contributed by atoms with E-state index < -0.39 is 6.04 Å². The summed E-state index contributed by atoms with van der Waals surface area (Å²) in [5.41, 5.74) is 7.60. The Hall–Kier alpha value is -2.33. The van der Waals surface area contributed by atoms with Gasteiger partial charge in [0.1, 0.15) is 5.75 Å². The first-order valence-electron chi connectivity index (χ1n) is 6.44. The van der Waals surface area contributed by atoms with E-state index in [4.69, 9.17) is 10.5 Å². The van der Waals surface area contributed by atoms with Gasteiger partial charge >= 0.3 is 0 Å². The highest BCUT2D eigenvalue weighted by molar-refractivity contribution is 5.96. The number of amides is 1. The molecule has 2 aromatic carbocycles. The number of carbonyl (C=O) groups excluding carboxylic acids is 1. The number of hydrogen-bond donors (Lipinski definition) is 2. The number of para-hydroxylation sites is 2. The monoisotopic (exact) mass is 270 g/mol. The van der Waals surface area contributed by atoms with Crippen LogP contribution < -0.4 is 15.8 Å². The molecule has 0 bridgehead atoms. The Labute approximate surface area is 118 Å². The van der Waals surface area contributed by atoms with Crippen molar-refractivity contribution in [3.63, 3.8) is 0 Å². The number of rotatable bonds is 5. The average molecular weight is 270 g/mol. The fraction of sp³-hybridized carbons (Fsp3) is 0.188. The molecule has 0 saturated carbocycles. The number of nitrogens with two attached hydrogens (primary N) is 1. The second kappa shape index (κ2) is 6.73. The van der Waals surface area contributed by atoms with Gasteiger partial charge in [-0.1, -0.05) is 42.5 Å². The summed E-state index contributed by atoms with van der Waals surface area (Å²) in [6, 6.07) is 16.4. The minimum absolute atomic E-state index is 0.224. The van der Waals surface area contributed by atoms with Gasteiger partial charge in [-0.25, -0.2) is 0 Å². The maximum Gasteiger partial charge on any atom is 0.241 e. The van der Waals surface area contributed by atoms with Gasteiger partial charge in [0.15, 0.2) is 0 Å². The molecule has 2 rings (SSSR count). The molecule has 0 radical (unpaired) electrons. The first-order chi connectivity index (χ1) is 9.70. The molecule has 1 atom stereocenters. The van der Waals surface area contributed by atoms with E-state index in [1.807, 2.05) is 42.5 Å². The topological polar surface area (TPSA) is 64.3 Å². The van der Waals surface area contributed by atoms with E-state index in [9.17, 15) is 4.79 Å². The summed E-state index contributed by atoms with van der Waals surface area (Å²) in [7, 11) is 1.56. The van der Waals surface area contributed by atoms with Gasteiger partial charge in [-0.3, -0.25) is 4.79 Å². The van der Waals surface area contributed by atoms with Crippen molar-refractivity contribution in [2.45, 2.75) is 12.5 Å². The number of methoxy groups -OCH3 is 1. The van der Waals surface area contributed by atoms with Crippen LogP contribution in [-0.4, -0.2) is 19.1 Å². The average Bonchev–Trinajstić information content (AvgIpc) is 2.48. The predicted molar refractivity (Wildman–Crippen MR) is 79.7 cm³/mol. The normalized spacial score (nSPS) is 11.7. The van der Waals surface area contributed by atoms with E-state index in [0.717, 1.165) is 5.56 Å². The lowest BCUT2D eigenvalue weighted by Gasteiger charge is -2.14. The lowest BCUT2D eigenvalue weighted by atomic mass is 10.1. The zero-order valence-corrected chi connectivity index (χ0v) is 11.4. The van der Waals surface area contributed by atoms with Crippen molar-refractivity contribution in [3.05, 3.63) is 60.2 Å². The van der Waals surface area contributed by atoms with Crippen LogP contribution >= 0.6 is 0 Å². The molecule has 3 N–H and O–H groups in total. The van der Waals surface area contributed by atoms with Crippen molar-refractivity contribution >= 4 is 11.6 Å². The minimum Gasteiger partial charge on any atom is -0.495 e. The predicted octanol–water partition coefficient (Wildman–Crippen LogP) is 2.20. The Morgan fingerprint density at radius 3 is 2.50 bits per heavy atom. The highest BCUT2D eigenvalue weighted by atomic mass is 16.5. The van der Waals surface area contributed by atoms with Crippen LogP contribution in [0.25, 0.3) is 0 Å². The van der Waals surface area contributed by atoms with E-state index in [1.54, 1.807) is 19.2 Å². The molecule has 0 aliphatic carbocycles. The van der Waals surface area contributed by atoms with Gasteiger partial charge in [0.25, 0.3) is 0 Å². The van der Waals surface area contributed by atoms with Gasteiger partial charge < -0.3 is 15.8 Å². The van der Waals surface area contributed by atoms with Crippen LogP contribution in [0.1, 0.15) is 5.56 Å². The van der Waals surface area contributed by atoms with E-state index in [-0.39, 0.29) is 5.91 Å². The summed E-state index contributed by atoms with van der Waals surface area (Å²) in [5.74, 6) is 0.395. The number of anilines is 1. The molecule has 0 unspecified atom stereocenters. The van der Waals surface area contributed by atoms with E-state index in [1.165, 1.54) is 0 Å². The van der Waals surface area contributed by atoms with Gasteiger partial charge in [-0.15, -0.1) is 0 Å². The number of benzene rings is 2. The number of hydrogen-bond acceptors (Lipinski definition) is 3. The summed E-state index contributed by atoms with van der Waals surface area (Å²) in [4.78, 5) is 12.1. The number of carbonyl (C=O) groups is 1. The summed E-state index contributed by atoms with van der Waals surface area (Å²) < 4.78 is 5.19. The van der Waals surface area contributed by atoms with Crippen LogP contribution in [0.4, 0.5) is 5.69 Å². The molecule has 0 aliphatic rings. The second-order valence-corrected chi connectivity index (χ2v) is 4.49. The van der Waals surface area contributed by atoms with Gasteiger partial charge in [0.2, 0.25) is 5.91 Å². The maximum absolute atomic E-state index is 12.1. The summed E-state index contributed by atoms with van der Waals surface area (Å²) in [5, 5.41) is 2.79. The van der Waals surface area contributed by atoms with Crippen LogP contribution in [0, 0.1) is 0 Å². The fourth-order valence-corrected chi connectivity index (χ4v) is 1.93. The molecule has 1 amide bonds. The molecule has 0 aromatic heterocycles. The summed E-state index contributed by atoms with van der Waals surface area (Å²) in [6.07, 6.45) is 0.502. The maximum atomic E-state index is 12.1. The van der Waals surface area contributed by atoms with Crippen molar-refractivity contribution in [2.75, 3.05) is 12.4 Å². The fourth-order valence-electron chi connectivity index (χ4n) is 1.93. The molecular formula is C16H18N2O2. The molecule has 0 fully saturated rings. The molecule has 20 heavy (non-hydrogen) atoms. The quantitative estimate of drug-likeness (QED) is 0.875. The van der Waals surface area contributed by atoms with Crippen LogP contribution in [0.5, 0.6) is 5.75 Å². The first kappa shape index (κ1) is 14.1. The first-order valence-corrected chi connectivity index (χ1v) is 6.44. The van der Waals surface area contributed by atoms with E-state index in [0.29, 0.717) is 17.9 Å². The van der Waals surface area contributed by atoms with Crippen LogP contribution in [0.2, 0.25) is 0 Å². The molecule has 4 heteroatoms. The molecule has 2 aromatic rings. The Balaban J connectivity index is 2.01. The van der Waals surface area contributed by atoms with Gasteiger partial charge in [-0.2, -0.15) is 0 Å². The molecular weight excluding hydrogens is 252 g/mol. The Morgan fingerprint density at radius 1 is 1.15 bits per heavy atom. The summed E-state index contributed by atoms with van der Waals surface area (Å²) >= 11 is 0. The molecule has 0 spiro atoms. The third-order valence-corrected chi connectivity index (χ3v) is 3.00. The van der Waals surface area contributed by atoms with Crippen LogP contribution in [-0.2, 0) is 11.2 Å². The van der Waals surface area contributed by atoms with Crippen LogP contribution in [0.15, 0.2) is 54.6 Å². The Kier molecular flexibility index (Phi) is 4.74. The van der Waals surface area contributed by atoms with E-state index >= 15 is 0 Å². The standard InChI is InChI=1S/C16H18N2O2/c1-20-15-10-6-5-9-14(15)18-16(19)13(17)11-12-7-3-2-4-8-12/h2-10,13H,11,17H2,1H3,(H,18,19)/t13-/m0/s1. The highest BCUT2D eigenvalue weighted by Crippen LogP contribution is 2.23. The molecule has 104 valence electrons. The number of ether oxygens (including phenoxy) is 1. The lowest BCUT2D eigenvalue weighted by molar-refractivity contribution is -0.117. The van der Waals surface area contributed by atoms with Crippen molar-refractivity contribution in [1.82, 2.24) is 0 Å². The highest BCUT2D eigenvalue weighted by Gasteiger charge is 2.15. The van der Waals surface area contributed by atoms with Crippen molar-refractivity contribution in [3.8, 4) is 5.75 Å². The zero-order valence-electron chi connectivity index (χ0n) is 11.4. The second-order valence-electron chi connectivity index (χ2n) is 4.49. The van der Waals surface area contributed by atoms with Crippen molar-refractivity contribution in [2.24, 2.45) is 5.73 Å². The Bertz CT molecular complexity index is 570. The molecule has 0 saturated heterocycles. The third-order valence-electron chi connectivity index (χ3n) is 3.00. The third kappa shape index (κ3) is 3.59. The summed E-state index contributed by atoms with van der Waals surface area (Å²) in [6.45, 7) is 0. The molecule has 0 heterocycles. The largest absolute Gasteiger partial charge is 0.495 e. The van der Waals surface area contributed by atoms with Gasteiger partial charge in [0, 0.05) is 0 Å². The Morgan fingerprint density at radius 2 is 1.80 bits per heavy atom.